The smallest absolute Gasteiger partial charge is 0.163 e. The van der Waals surface area contributed by atoms with Crippen LogP contribution in [0.25, 0.3) is 21.8 Å². The van der Waals surface area contributed by atoms with Crippen molar-refractivity contribution in [3.05, 3.63) is 23.9 Å². The third kappa shape index (κ3) is 3.17. The molecule has 0 atom stereocenters. The Kier molecular flexibility index (Phi) is 4.59. The van der Waals surface area contributed by atoms with E-state index >= 15 is 0 Å². The Morgan fingerprint density at radius 3 is 2.73 bits per heavy atom. The van der Waals surface area contributed by atoms with Gasteiger partial charge in [0.2, 0.25) is 0 Å². The lowest BCUT2D eigenvalue weighted by atomic mass is 10.1. The summed E-state index contributed by atoms with van der Waals surface area (Å²) in [4.78, 5) is 10.3. The summed E-state index contributed by atoms with van der Waals surface area (Å²) in [5.74, 6) is 2.04. The van der Waals surface area contributed by atoms with E-state index in [-0.39, 0.29) is 0 Å². The second-order valence-corrected chi connectivity index (χ2v) is 6.98. The van der Waals surface area contributed by atoms with E-state index in [2.05, 4.69) is 14.9 Å². The van der Waals surface area contributed by atoms with Gasteiger partial charge in [-0.1, -0.05) is 0 Å². The molecule has 3 heterocycles. The highest BCUT2D eigenvalue weighted by Crippen LogP contribution is 2.37. The highest BCUT2D eigenvalue weighted by Gasteiger charge is 2.15. The second kappa shape index (κ2) is 7.03. The van der Waals surface area contributed by atoms with Gasteiger partial charge in [0.1, 0.15) is 5.82 Å². The van der Waals surface area contributed by atoms with E-state index in [0.29, 0.717) is 12.4 Å². The van der Waals surface area contributed by atoms with Crippen molar-refractivity contribution in [1.29, 1.82) is 0 Å². The van der Waals surface area contributed by atoms with Crippen LogP contribution in [0.5, 0.6) is 11.5 Å². The van der Waals surface area contributed by atoms with Crippen LogP contribution >= 0.6 is 0 Å². The zero-order chi connectivity index (χ0) is 18.1. The summed E-state index contributed by atoms with van der Waals surface area (Å²) in [6.07, 6.45) is 3.67. The Morgan fingerprint density at radius 1 is 1.15 bits per heavy atom. The molecule has 1 aliphatic rings. The minimum atomic E-state index is 0.520. The Morgan fingerprint density at radius 2 is 1.96 bits per heavy atom. The van der Waals surface area contributed by atoms with Gasteiger partial charge in [-0.05, 0) is 45.3 Å². The van der Waals surface area contributed by atoms with Crippen LogP contribution in [0.1, 0.15) is 25.0 Å². The zero-order valence-corrected chi connectivity index (χ0v) is 15.5. The lowest BCUT2D eigenvalue weighted by Crippen LogP contribution is -2.21. The number of benzene rings is 1. The van der Waals surface area contributed by atoms with Crippen LogP contribution in [-0.2, 0) is 0 Å². The molecule has 1 saturated heterocycles. The highest BCUT2D eigenvalue weighted by atomic mass is 16.5. The van der Waals surface area contributed by atoms with Crippen LogP contribution in [0.15, 0.2) is 18.2 Å². The number of aromatic amines is 1. The second-order valence-electron chi connectivity index (χ2n) is 6.98. The van der Waals surface area contributed by atoms with Crippen LogP contribution in [0.3, 0.4) is 0 Å². The molecule has 3 aromatic rings. The quantitative estimate of drug-likeness (QED) is 0.663. The van der Waals surface area contributed by atoms with Crippen LogP contribution in [0, 0.1) is 6.92 Å². The molecule has 0 radical (unpaired) electrons. The van der Waals surface area contributed by atoms with Gasteiger partial charge in [0.25, 0.3) is 0 Å². The number of rotatable bonds is 6. The van der Waals surface area contributed by atoms with Crippen molar-refractivity contribution in [2.75, 3.05) is 39.1 Å². The third-order valence-electron chi connectivity index (χ3n) is 5.14. The molecule has 0 amide bonds. The highest BCUT2D eigenvalue weighted by molar-refractivity contribution is 6.09. The Labute approximate surface area is 153 Å². The molecule has 1 aromatic carbocycles. The molecule has 0 saturated carbocycles. The average molecular weight is 354 g/mol. The number of nitrogens with two attached hydrogens (primary N) is 1. The minimum absolute atomic E-state index is 0.520. The number of aryl methyl sites for hydroxylation is 1. The van der Waals surface area contributed by atoms with Crippen molar-refractivity contribution in [3.63, 3.8) is 0 Å². The molecule has 0 spiro atoms. The molecule has 138 valence electrons. The number of methoxy groups -OCH3 is 1. The van der Waals surface area contributed by atoms with Crippen LogP contribution in [0.4, 0.5) is 5.82 Å². The number of nitrogen functional groups attached to an aromatic ring is 1. The monoisotopic (exact) mass is 354 g/mol. The molecule has 0 bridgehead atoms. The summed E-state index contributed by atoms with van der Waals surface area (Å²) in [6.45, 7) is 6.20. The van der Waals surface area contributed by atoms with E-state index in [0.717, 1.165) is 52.0 Å². The molecule has 0 aliphatic carbocycles. The van der Waals surface area contributed by atoms with Crippen molar-refractivity contribution in [2.45, 2.75) is 26.2 Å². The molecular formula is C20H26N4O2. The summed E-state index contributed by atoms with van der Waals surface area (Å²) < 4.78 is 11.6. The number of anilines is 1. The largest absolute Gasteiger partial charge is 0.493 e. The minimum Gasteiger partial charge on any atom is -0.493 e. The Balaban J connectivity index is 1.58. The molecule has 1 fully saturated rings. The maximum Gasteiger partial charge on any atom is 0.163 e. The average Bonchev–Trinajstić information content (AvgIpc) is 3.24. The maximum atomic E-state index is 6.03. The molecular weight excluding hydrogens is 328 g/mol. The Bertz CT molecular complexity index is 929. The number of nitrogens with zero attached hydrogens (tertiary/aromatic N) is 2. The van der Waals surface area contributed by atoms with Gasteiger partial charge in [-0.25, -0.2) is 4.98 Å². The van der Waals surface area contributed by atoms with Gasteiger partial charge in [0, 0.05) is 35.1 Å². The van der Waals surface area contributed by atoms with Crippen molar-refractivity contribution in [2.24, 2.45) is 0 Å². The van der Waals surface area contributed by atoms with E-state index in [9.17, 15) is 0 Å². The molecule has 6 heteroatoms. The topological polar surface area (TPSA) is 76.4 Å². The van der Waals surface area contributed by atoms with E-state index in [1.165, 1.54) is 25.9 Å². The van der Waals surface area contributed by atoms with Crippen molar-refractivity contribution >= 4 is 27.6 Å². The fourth-order valence-electron chi connectivity index (χ4n) is 3.90. The van der Waals surface area contributed by atoms with Gasteiger partial charge >= 0.3 is 0 Å². The number of H-pyrrole nitrogens is 1. The van der Waals surface area contributed by atoms with E-state index in [1.807, 2.05) is 25.1 Å². The van der Waals surface area contributed by atoms with Gasteiger partial charge in [0.15, 0.2) is 11.5 Å². The van der Waals surface area contributed by atoms with Crippen molar-refractivity contribution in [3.8, 4) is 11.5 Å². The van der Waals surface area contributed by atoms with E-state index in [1.54, 1.807) is 7.11 Å². The van der Waals surface area contributed by atoms with Crippen molar-refractivity contribution < 1.29 is 9.47 Å². The lowest BCUT2D eigenvalue weighted by Gasteiger charge is -2.15. The molecule has 1 aliphatic heterocycles. The predicted octanol–water partition coefficient (Wildman–Crippen LogP) is 3.48. The van der Waals surface area contributed by atoms with E-state index in [4.69, 9.17) is 15.2 Å². The number of hydrogen-bond acceptors (Lipinski definition) is 5. The van der Waals surface area contributed by atoms with Crippen LogP contribution in [0.2, 0.25) is 0 Å². The summed E-state index contributed by atoms with van der Waals surface area (Å²) in [6, 6.07) is 5.90. The third-order valence-corrected chi connectivity index (χ3v) is 5.14. The normalized spacial score (nSPS) is 15.2. The van der Waals surface area contributed by atoms with E-state index < -0.39 is 0 Å². The fourth-order valence-corrected chi connectivity index (χ4v) is 3.90. The molecule has 26 heavy (non-hydrogen) atoms. The SMILES string of the molecule is COc1cc2c(cc1OCCCN1CCCC1)[nH]c1cc(N)nc(C)c12. The number of aromatic nitrogens is 2. The fraction of sp³-hybridized carbons (Fsp3) is 0.450. The lowest BCUT2D eigenvalue weighted by molar-refractivity contribution is 0.254. The Hall–Kier alpha value is -2.47. The summed E-state index contributed by atoms with van der Waals surface area (Å²) in [5, 5.41) is 2.15. The first-order valence-corrected chi connectivity index (χ1v) is 9.27. The van der Waals surface area contributed by atoms with Gasteiger partial charge in [-0.2, -0.15) is 0 Å². The first kappa shape index (κ1) is 17.0. The number of likely N-dealkylation sites (tertiary alicyclic amines) is 1. The summed E-state index contributed by atoms with van der Waals surface area (Å²) in [5.41, 5.74) is 8.78. The van der Waals surface area contributed by atoms with Gasteiger partial charge in [0.05, 0.1) is 24.8 Å². The molecule has 6 nitrogen and oxygen atoms in total. The molecule has 4 rings (SSSR count). The van der Waals surface area contributed by atoms with Crippen LogP contribution in [-0.4, -0.2) is 48.2 Å². The number of hydrogen-bond donors (Lipinski definition) is 2. The van der Waals surface area contributed by atoms with Gasteiger partial charge < -0.3 is 25.1 Å². The first-order chi connectivity index (χ1) is 12.7. The first-order valence-electron chi connectivity index (χ1n) is 9.27. The summed E-state index contributed by atoms with van der Waals surface area (Å²) >= 11 is 0. The van der Waals surface area contributed by atoms with Crippen molar-refractivity contribution in [1.82, 2.24) is 14.9 Å². The number of ether oxygens (including phenoxy) is 2. The van der Waals surface area contributed by atoms with Crippen LogP contribution < -0.4 is 15.2 Å². The van der Waals surface area contributed by atoms with Gasteiger partial charge in [-0.3, -0.25) is 0 Å². The maximum absolute atomic E-state index is 6.03. The number of fused-ring (bicyclic) bond motifs is 3. The molecule has 3 N–H and O–H groups in total. The summed E-state index contributed by atoms with van der Waals surface area (Å²) in [7, 11) is 1.68. The zero-order valence-electron chi connectivity index (χ0n) is 15.5. The molecule has 0 unspecified atom stereocenters. The standard InChI is InChI=1S/C20H26N4O2/c1-13-20-14-10-17(25-2)18(26-9-5-8-24-6-3-4-7-24)11-15(14)23-16(20)12-19(21)22-13/h10-12,23H,3-9H2,1-2H3,(H2,21,22). The predicted molar refractivity (Wildman–Crippen MR) is 105 cm³/mol. The number of nitrogens with one attached hydrogen (secondary N) is 1. The number of pyridine rings is 1. The van der Waals surface area contributed by atoms with Gasteiger partial charge in [-0.15, -0.1) is 0 Å². The molecule has 2 aromatic heterocycles.